The number of pyridine rings is 1. The minimum Gasteiger partial charge on any atom is -0.486 e. The smallest absolute Gasteiger partial charge is 0.226 e. The van der Waals surface area contributed by atoms with Gasteiger partial charge in [-0.2, -0.15) is 0 Å². The van der Waals surface area contributed by atoms with E-state index >= 15 is 0 Å². The number of Topliss-reactive ketones (excluding diaryl/α,β-unsaturated/α-hetero) is 1. The maximum Gasteiger partial charge on any atom is 0.226 e. The summed E-state index contributed by atoms with van der Waals surface area (Å²) in [7, 11) is 1.85. The molecule has 0 N–H and O–H groups in total. The van der Waals surface area contributed by atoms with Crippen molar-refractivity contribution in [2.75, 3.05) is 7.05 Å². The number of amides is 1. The fourth-order valence-electron chi connectivity index (χ4n) is 5.19. The second kappa shape index (κ2) is 5.91. The maximum absolute atomic E-state index is 13.0. The zero-order chi connectivity index (χ0) is 18.6. The van der Waals surface area contributed by atoms with E-state index in [1.54, 1.807) is 17.3 Å². The molecule has 0 saturated heterocycles. The van der Waals surface area contributed by atoms with Crippen LogP contribution >= 0.6 is 0 Å². The predicted molar refractivity (Wildman–Crippen MR) is 99.2 cm³/mol. The molecule has 138 valence electrons. The average Bonchev–Trinajstić information content (AvgIpc) is 3.32. The lowest BCUT2D eigenvalue weighted by Gasteiger charge is -2.37. The van der Waals surface area contributed by atoms with Gasteiger partial charge in [0.25, 0.3) is 0 Å². The first-order valence-electron chi connectivity index (χ1n) is 9.54. The van der Waals surface area contributed by atoms with Crippen LogP contribution < -0.4 is 4.74 Å². The van der Waals surface area contributed by atoms with Crippen molar-refractivity contribution in [3.8, 4) is 5.75 Å². The van der Waals surface area contributed by atoms with Crippen LogP contribution in [0.2, 0.25) is 0 Å². The summed E-state index contributed by atoms with van der Waals surface area (Å²) in [4.78, 5) is 31.5. The molecule has 0 bridgehead atoms. The number of rotatable bonds is 3. The van der Waals surface area contributed by atoms with E-state index in [-0.39, 0.29) is 23.5 Å². The van der Waals surface area contributed by atoms with Gasteiger partial charge in [-0.05, 0) is 48.6 Å². The first-order valence-corrected chi connectivity index (χ1v) is 9.54. The van der Waals surface area contributed by atoms with Gasteiger partial charge in [-0.25, -0.2) is 0 Å². The molecule has 3 aliphatic rings. The zero-order valence-corrected chi connectivity index (χ0v) is 15.3. The molecule has 0 radical (unpaired) electrons. The number of ketones is 1. The van der Waals surface area contributed by atoms with Crippen molar-refractivity contribution in [3.05, 3.63) is 59.9 Å². The van der Waals surface area contributed by atoms with Gasteiger partial charge < -0.3 is 9.64 Å². The summed E-state index contributed by atoms with van der Waals surface area (Å²) in [6, 6.07) is 11.3. The van der Waals surface area contributed by atoms with Gasteiger partial charge in [0.05, 0.1) is 12.0 Å². The Balaban J connectivity index is 1.34. The molecule has 5 nitrogen and oxygen atoms in total. The molecule has 1 spiro atoms. The number of carbonyl (C=O) groups excluding carboxylic acids is 2. The maximum atomic E-state index is 13.0. The highest BCUT2D eigenvalue weighted by Gasteiger charge is 2.70. The van der Waals surface area contributed by atoms with E-state index in [4.69, 9.17) is 4.74 Å². The number of carbonyl (C=O) groups is 2. The van der Waals surface area contributed by atoms with E-state index in [0.717, 1.165) is 18.4 Å². The lowest BCUT2D eigenvalue weighted by Crippen LogP contribution is -2.44. The minimum absolute atomic E-state index is 0.0244. The Bertz CT molecular complexity index is 913. The van der Waals surface area contributed by atoms with Crippen LogP contribution in [-0.2, 0) is 11.3 Å². The van der Waals surface area contributed by atoms with Crippen LogP contribution in [0, 0.1) is 17.8 Å². The third kappa shape index (κ3) is 2.56. The normalized spacial score (nSPS) is 30.4. The van der Waals surface area contributed by atoms with Crippen molar-refractivity contribution in [3.63, 3.8) is 0 Å². The van der Waals surface area contributed by atoms with Crippen molar-refractivity contribution in [2.45, 2.75) is 31.4 Å². The number of hydrogen-bond donors (Lipinski definition) is 0. The highest BCUT2D eigenvalue weighted by atomic mass is 16.5. The fraction of sp³-hybridized carbons (Fsp3) is 0.409. The number of hydrogen-bond acceptors (Lipinski definition) is 4. The van der Waals surface area contributed by atoms with Gasteiger partial charge in [0.2, 0.25) is 5.91 Å². The van der Waals surface area contributed by atoms with Crippen LogP contribution in [0.5, 0.6) is 5.75 Å². The van der Waals surface area contributed by atoms with E-state index in [2.05, 4.69) is 4.98 Å². The second-order valence-corrected chi connectivity index (χ2v) is 8.07. The summed E-state index contributed by atoms with van der Waals surface area (Å²) in [6.07, 6.45) is 5.70. The van der Waals surface area contributed by atoms with Crippen molar-refractivity contribution in [2.24, 2.45) is 17.8 Å². The molecule has 1 amide bonds. The van der Waals surface area contributed by atoms with Gasteiger partial charge in [-0.1, -0.05) is 12.1 Å². The molecule has 1 aliphatic heterocycles. The van der Waals surface area contributed by atoms with Crippen molar-refractivity contribution < 1.29 is 14.3 Å². The molecule has 2 aliphatic carbocycles. The molecule has 4 unspecified atom stereocenters. The number of fused-ring (bicyclic) bond motifs is 3. The van der Waals surface area contributed by atoms with Gasteiger partial charge in [0.15, 0.2) is 5.78 Å². The van der Waals surface area contributed by atoms with Crippen LogP contribution in [0.4, 0.5) is 0 Å². The Morgan fingerprint density at radius 2 is 2.04 bits per heavy atom. The molecule has 2 fully saturated rings. The first kappa shape index (κ1) is 16.5. The Morgan fingerprint density at radius 1 is 1.26 bits per heavy atom. The lowest BCUT2D eigenvalue weighted by atomic mass is 9.84. The van der Waals surface area contributed by atoms with Crippen LogP contribution in [-0.4, -0.2) is 34.2 Å². The Labute approximate surface area is 158 Å². The molecule has 2 saturated carbocycles. The number of nitrogens with zero attached hydrogens (tertiary/aromatic N) is 2. The van der Waals surface area contributed by atoms with E-state index in [9.17, 15) is 9.59 Å². The zero-order valence-electron chi connectivity index (χ0n) is 15.3. The summed E-state index contributed by atoms with van der Waals surface area (Å²) >= 11 is 0. The minimum atomic E-state index is -0.492. The lowest BCUT2D eigenvalue weighted by molar-refractivity contribution is -0.133. The summed E-state index contributed by atoms with van der Waals surface area (Å²) in [5.74, 6) is 1.45. The Morgan fingerprint density at radius 3 is 2.85 bits per heavy atom. The summed E-state index contributed by atoms with van der Waals surface area (Å²) < 4.78 is 6.38. The largest absolute Gasteiger partial charge is 0.486 e. The molecule has 4 atom stereocenters. The number of aromatic nitrogens is 1. The molecule has 1 aromatic carbocycles. The Hall–Kier alpha value is -2.69. The molecular weight excluding hydrogens is 340 g/mol. The number of ether oxygens (including phenoxy) is 1. The van der Waals surface area contributed by atoms with E-state index in [1.165, 1.54) is 0 Å². The molecule has 2 heterocycles. The molecule has 5 heteroatoms. The summed E-state index contributed by atoms with van der Waals surface area (Å²) in [6.45, 7) is 0.576. The van der Waals surface area contributed by atoms with Gasteiger partial charge in [0.1, 0.15) is 11.4 Å². The standard InChI is InChI=1S/C22H22N2O3/c1-24(13-14-7-10-23-11-8-14)21(26)19-16-6-9-22(20(16)19)12-17(25)15-4-2-3-5-18(15)27-22/h2-5,7-8,10-11,16,19-20H,6,9,12-13H2,1H3. The van der Waals surface area contributed by atoms with Crippen LogP contribution in [0.25, 0.3) is 0 Å². The third-order valence-electron chi connectivity index (χ3n) is 6.47. The van der Waals surface area contributed by atoms with E-state index in [1.807, 2.05) is 43.4 Å². The van der Waals surface area contributed by atoms with Crippen LogP contribution in [0.3, 0.4) is 0 Å². The van der Waals surface area contributed by atoms with Gasteiger partial charge in [-0.3, -0.25) is 14.6 Å². The summed E-state index contributed by atoms with van der Waals surface area (Å²) in [5.41, 5.74) is 1.25. The third-order valence-corrected chi connectivity index (χ3v) is 6.47. The molecule has 2 aromatic rings. The molecule has 27 heavy (non-hydrogen) atoms. The second-order valence-electron chi connectivity index (χ2n) is 8.07. The van der Waals surface area contributed by atoms with Crippen molar-refractivity contribution in [1.29, 1.82) is 0 Å². The molecular formula is C22H22N2O3. The fourth-order valence-corrected chi connectivity index (χ4v) is 5.19. The molecule has 5 rings (SSSR count). The van der Waals surface area contributed by atoms with Crippen molar-refractivity contribution in [1.82, 2.24) is 9.88 Å². The SMILES string of the molecule is CN(Cc1ccncc1)C(=O)C1C2CCC3(CC(=O)c4ccccc4O3)C21. The van der Waals surface area contributed by atoms with Crippen LogP contribution in [0.1, 0.15) is 35.2 Å². The van der Waals surface area contributed by atoms with Gasteiger partial charge in [-0.15, -0.1) is 0 Å². The number of benzene rings is 1. The quantitative estimate of drug-likeness (QED) is 0.842. The topological polar surface area (TPSA) is 59.5 Å². The van der Waals surface area contributed by atoms with Crippen LogP contribution in [0.15, 0.2) is 48.8 Å². The van der Waals surface area contributed by atoms with Crippen molar-refractivity contribution >= 4 is 11.7 Å². The van der Waals surface area contributed by atoms with Gasteiger partial charge in [0, 0.05) is 37.8 Å². The molecule has 1 aromatic heterocycles. The number of para-hydroxylation sites is 1. The predicted octanol–water partition coefficient (Wildman–Crippen LogP) is 3.10. The Kier molecular flexibility index (Phi) is 3.61. The highest BCUT2D eigenvalue weighted by molar-refractivity contribution is 6.00. The first-order chi connectivity index (χ1) is 13.1. The highest BCUT2D eigenvalue weighted by Crippen LogP contribution is 2.66. The van der Waals surface area contributed by atoms with E-state index < -0.39 is 5.60 Å². The van der Waals surface area contributed by atoms with E-state index in [0.29, 0.717) is 30.2 Å². The van der Waals surface area contributed by atoms with Gasteiger partial charge >= 0.3 is 0 Å². The summed E-state index contributed by atoms with van der Waals surface area (Å²) in [5, 5.41) is 0. The monoisotopic (exact) mass is 362 g/mol. The average molecular weight is 362 g/mol.